The highest BCUT2D eigenvalue weighted by molar-refractivity contribution is 7.12. The van der Waals surface area contributed by atoms with Crippen LogP contribution in [0.3, 0.4) is 0 Å². The molecule has 1 atom stereocenters. The van der Waals surface area contributed by atoms with Gasteiger partial charge < -0.3 is 5.11 Å². The van der Waals surface area contributed by atoms with E-state index in [1.807, 2.05) is 0 Å². The molecule has 1 N–H and O–H groups in total. The third kappa shape index (κ3) is 1.86. The van der Waals surface area contributed by atoms with Gasteiger partial charge >= 0.3 is 0 Å². The largest absolute Gasteiger partial charge is 0.385 e. The Labute approximate surface area is 79.8 Å². The molecule has 0 aliphatic carbocycles. The van der Waals surface area contributed by atoms with Crippen LogP contribution in [-0.2, 0) is 0 Å². The van der Waals surface area contributed by atoms with E-state index in [4.69, 9.17) is 11.6 Å². The van der Waals surface area contributed by atoms with E-state index in [0.717, 1.165) is 0 Å². The van der Waals surface area contributed by atoms with E-state index in [2.05, 4.69) is 0 Å². The number of Topliss-reactive ketones (excluding diaryl/α,β-unsaturated/α-hetero) is 1. The lowest BCUT2D eigenvalue weighted by molar-refractivity contribution is 0.0745. The van der Waals surface area contributed by atoms with Crippen LogP contribution in [0, 0.1) is 0 Å². The molecule has 4 heteroatoms. The fraction of sp³-hybridized carbons (Fsp3) is 0.375. The zero-order chi connectivity index (χ0) is 9.14. The summed E-state index contributed by atoms with van der Waals surface area (Å²) >= 11 is 6.97. The summed E-state index contributed by atoms with van der Waals surface area (Å²) in [5.74, 6) is -0.280. The Hall–Kier alpha value is -0.380. The van der Waals surface area contributed by atoms with E-state index in [1.54, 1.807) is 18.4 Å². The summed E-state index contributed by atoms with van der Waals surface area (Å²) in [6, 6.07) is 1.65. The second kappa shape index (κ2) is 4.03. The zero-order valence-electron chi connectivity index (χ0n) is 6.58. The predicted molar refractivity (Wildman–Crippen MR) is 50.0 cm³/mol. The Balaban J connectivity index is 2.85. The van der Waals surface area contributed by atoms with Gasteiger partial charge in [-0.1, -0.05) is 18.5 Å². The second-order valence-electron chi connectivity index (χ2n) is 2.39. The Kier molecular flexibility index (Phi) is 3.26. The minimum atomic E-state index is -0.916. The van der Waals surface area contributed by atoms with Crippen molar-refractivity contribution in [1.29, 1.82) is 0 Å². The molecule has 1 unspecified atom stereocenters. The number of thiophene rings is 1. The standard InChI is InChI=1S/C8H9ClO2S/c1-2-6(10)7(11)8-5(9)3-4-12-8/h3-4,6,10H,2H2,1H3. The molecular formula is C8H9ClO2S. The molecule has 0 saturated carbocycles. The average Bonchev–Trinajstić information content (AvgIpc) is 2.48. The summed E-state index contributed by atoms with van der Waals surface area (Å²) in [6.07, 6.45) is -0.492. The third-order valence-corrected chi connectivity index (χ3v) is 2.89. The highest BCUT2D eigenvalue weighted by Gasteiger charge is 2.18. The van der Waals surface area contributed by atoms with Gasteiger partial charge in [0.1, 0.15) is 6.10 Å². The van der Waals surface area contributed by atoms with Gasteiger partial charge in [-0.05, 0) is 17.9 Å². The topological polar surface area (TPSA) is 37.3 Å². The van der Waals surface area contributed by atoms with Crippen molar-refractivity contribution in [2.45, 2.75) is 19.4 Å². The molecule has 0 radical (unpaired) electrons. The van der Waals surface area contributed by atoms with Crippen LogP contribution >= 0.6 is 22.9 Å². The summed E-state index contributed by atoms with van der Waals surface area (Å²) in [6.45, 7) is 1.75. The summed E-state index contributed by atoms with van der Waals surface area (Å²) in [5.41, 5.74) is 0. The van der Waals surface area contributed by atoms with E-state index in [0.29, 0.717) is 16.3 Å². The van der Waals surface area contributed by atoms with Crippen LogP contribution in [-0.4, -0.2) is 17.0 Å². The molecule has 0 bridgehead atoms. The van der Waals surface area contributed by atoms with E-state index < -0.39 is 6.10 Å². The molecule has 0 aliphatic rings. The molecular weight excluding hydrogens is 196 g/mol. The van der Waals surface area contributed by atoms with Crippen molar-refractivity contribution in [3.8, 4) is 0 Å². The molecule has 0 fully saturated rings. The number of hydrogen-bond donors (Lipinski definition) is 1. The molecule has 0 amide bonds. The molecule has 2 nitrogen and oxygen atoms in total. The smallest absolute Gasteiger partial charge is 0.202 e. The van der Waals surface area contributed by atoms with Crippen LogP contribution in [0.2, 0.25) is 5.02 Å². The van der Waals surface area contributed by atoms with Crippen LogP contribution in [0.25, 0.3) is 0 Å². The van der Waals surface area contributed by atoms with Gasteiger partial charge in [-0.2, -0.15) is 0 Å². The zero-order valence-corrected chi connectivity index (χ0v) is 8.15. The lowest BCUT2D eigenvalue weighted by Crippen LogP contribution is -2.18. The Morgan fingerprint density at radius 1 is 1.83 bits per heavy atom. The maximum atomic E-state index is 11.3. The van der Waals surface area contributed by atoms with Crippen LogP contribution in [0.15, 0.2) is 11.4 Å². The van der Waals surface area contributed by atoms with Crippen molar-refractivity contribution >= 4 is 28.7 Å². The van der Waals surface area contributed by atoms with Crippen molar-refractivity contribution in [2.24, 2.45) is 0 Å². The minimum Gasteiger partial charge on any atom is -0.385 e. The molecule has 12 heavy (non-hydrogen) atoms. The summed E-state index contributed by atoms with van der Waals surface area (Å²) < 4.78 is 0. The Bertz CT molecular complexity index is 282. The molecule has 1 heterocycles. The summed E-state index contributed by atoms with van der Waals surface area (Å²) in [4.78, 5) is 11.8. The molecule has 0 aromatic carbocycles. The maximum Gasteiger partial charge on any atom is 0.202 e. The van der Waals surface area contributed by atoms with Crippen LogP contribution < -0.4 is 0 Å². The van der Waals surface area contributed by atoms with Crippen molar-refractivity contribution in [2.75, 3.05) is 0 Å². The molecule has 1 aromatic heterocycles. The minimum absolute atomic E-state index is 0.280. The Morgan fingerprint density at radius 3 is 2.92 bits per heavy atom. The van der Waals surface area contributed by atoms with Gasteiger partial charge in [-0.25, -0.2) is 0 Å². The highest BCUT2D eigenvalue weighted by Crippen LogP contribution is 2.23. The Morgan fingerprint density at radius 2 is 2.50 bits per heavy atom. The highest BCUT2D eigenvalue weighted by atomic mass is 35.5. The van der Waals surface area contributed by atoms with Crippen LogP contribution in [0.1, 0.15) is 23.0 Å². The predicted octanol–water partition coefficient (Wildman–Crippen LogP) is 2.36. The molecule has 1 aromatic rings. The SMILES string of the molecule is CCC(O)C(=O)c1sccc1Cl. The van der Waals surface area contributed by atoms with Crippen LogP contribution in [0.4, 0.5) is 0 Å². The lowest BCUT2D eigenvalue weighted by Gasteiger charge is -2.03. The number of hydrogen-bond acceptors (Lipinski definition) is 3. The fourth-order valence-electron chi connectivity index (χ4n) is 0.806. The number of rotatable bonds is 3. The number of halogens is 1. The van der Waals surface area contributed by atoms with Gasteiger partial charge in [0.05, 0.1) is 9.90 Å². The molecule has 1 rings (SSSR count). The first-order chi connectivity index (χ1) is 5.66. The van der Waals surface area contributed by atoms with Crippen molar-refractivity contribution in [1.82, 2.24) is 0 Å². The number of carbonyl (C=O) groups is 1. The summed E-state index contributed by atoms with van der Waals surface area (Å²) in [5, 5.41) is 11.4. The fourth-order valence-corrected chi connectivity index (χ4v) is 1.94. The van der Waals surface area contributed by atoms with Crippen molar-refractivity contribution < 1.29 is 9.90 Å². The molecule has 0 aliphatic heterocycles. The summed E-state index contributed by atoms with van der Waals surface area (Å²) in [7, 11) is 0. The maximum absolute atomic E-state index is 11.3. The number of aliphatic hydroxyl groups excluding tert-OH is 1. The van der Waals surface area contributed by atoms with Crippen molar-refractivity contribution in [3.05, 3.63) is 21.3 Å². The third-order valence-electron chi connectivity index (χ3n) is 1.53. The second-order valence-corrected chi connectivity index (χ2v) is 3.71. The molecule has 66 valence electrons. The van der Waals surface area contributed by atoms with Gasteiger partial charge in [-0.3, -0.25) is 4.79 Å². The normalized spacial score (nSPS) is 12.9. The number of ketones is 1. The van der Waals surface area contributed by atoms with Gasteiger partial charge in [0.15, 0.2) is 0 Å². The monoisotopic (exact) mass is 204 g/mol. The number of aliphatic hydroxyl groups is 1. The average molecular weight is 205 g/mol. The molecule has 0 spiro atoms. The van der Waals surface area contributed by atoms with Gasteiger partial charge in [0, 0.05) is 0 Å². The van der Waals surface area contributed by atoms with E-state index in [9.17, 15) is 9.90 Å². The van der Waals surface area contributed by atoms with Crippen LogP contribution in [0.5, 0.6) is 0 Å². The van der Waals surface area contributed by atoms with Gasteiger partial charge in [-0.15, -0.1) is 11.3 Å². The first kappa shape index (κ1) is 9.71. The van der Waals surface area contributed by atoms with Crippen molar-refractivity contribution in [3.63, 3.8) is 0 Å². The van der Waals surface area contributed by atoms with Gasteiger partial charge in [0.25, 0.3) is 0 Å². The quantitative estimate of drug-likeness (QED) is 0.768. The first-order valence-corrected chi connectivity index (χ1v) is 4.87. The van der Waals surface area contributed by atoms with E-state index in [-0.39, 0.29) is 5.78 Å². The van der Waals surface area contributed by atoms with E-state index in [1.165, 1.54) is 11.3 Å². The lowest BCUT2D eigenvalue weighted by atomic mass is 10.1. The molecule has 0 saturated heterocycles. The van der Waals surface area contributed by atoms with Gasteiger partial charge in [0.2, 0.25) is 5.78 Å². The van der Waals surface area contributed by atoms with E-state index >= 15 is 0 Å². The number of carbonyl (C=O) groups excluding carboxylic acids is 1. The first-order valence-electron chi connectivity index (χ1n) is 3.62.